The number of carbonyl (C=O) groups is 1. The fraction of sp³-hybridized carbons (Fsp3) is 0.692. The maximum absolute atomic E-state index is 13.7. The number of ether oxygens (including phenoxy) is 3. The lowest BCUT2D eigenvalue weighted by molar-refractivity contribution is -0.141. The van der Waals surface area contributed by atoms with E-state index in [0.717, 1.165) is 57.8 Å². The van der Waals surface area contributed by atoms with Gasteiger partial charge in [0, 0.05) is 19.3 Å². The van der Waals surface area contributed by atoms with Crippen LogP contribution in [0.15, 0.2) is 18.2 Å². The van der Waals surface area contributed by atoms with Gasteiger partial charge < -0.3 is 14.2 Å². The van der Waals surface area contributed by atoms with Crippen molar-refractivity contribution < 1.29 is 23.4 Å². The van der Waals surface area contributed by atoms with Gasteiger partial charge in [-0.15, -0.1) is 0 Å². The van der Waals surface area contributed by atoms with Gasteiger partial charge in [0.15, 0.2) is 0 Å². The lowest BCUT2D eigenvalue weighted by Gasteiger charge is -2.31. The van der Waals surface area contributed by atoms with Gasteiger partial charge in [-0.05, 0) is 75.8 Å². The molecule has 1 aromatic rings. The van der Waals surface area contributed by atoms with Gasteiger partial charge in [0.25, 0.3) is 0 Å². The van der Waals surface area contributed by atoms with Crippen LogP contribution in [0.5, 0.6) is 5.75 Å². The molecular weight excluding hydrogens is 409 g/mol. The van der Waals surface area contributed by atoms with E-state index in [-0.39, 0.29) is 29.3 Å². The molecule has 2 aliphatic carbocycles. The molecule has 0 spiro atoms. The van der Waals surface area contributed by atoms with E-state index >= 15 is 0 Å². The van der Waals surface area contributed by atoms with Crippen LogP contribution in [-0.4, -0.2) is 31.4 Å². The Bertz CT molecular complexity index is 762. The highest BCUT2D eigenvalue weighted by atomic mass is 19.1. The molecule has 2 fully saturated rings. The zero-order chi connectivity index (χ0) is 22.8. The summed E-state index contributed by atoms with van der Waals surface area (Å²) in [6.45, 7) is 3.90. The summed E-state index contributed by atoms with van der Waals surface area (Å²) in [7, 11) is 0. The van der Waals surface area contributed by atoms with Crippen LogP contribution >= 0.6 is 0 Å². The first-order chi connectivity index (χ1) is 15.6. The van der Waals surface area contributed by atoms with Gasteiger partial charge in [0.2, 0.25) is 0 Å². The van der Waals surface area contributed by atoms with E-state index in [4.69, 9.17) is 19.5 Å². The van der Waals surface area contributed by atoms with Crippen LogP contribution in [0.2, 0.25) is 0 Å². The van der Waals surface area contributed by atoms with Crippen molar-refractivity contribution in [1.82, 2.24) is 0 Å². The van der Waals surface area contributed by atoms with Crippen molar-refractivity contribution in [3.8, 4) is 11.8 Å². The molecule has 2 aliphatic rings. The third-order valence-corrected chi connectivity index (χ3v) is 6.75. The Morgan fingerprint density at radius 1 is 1.03 bits per heavy atom. The highest BCUT2D eigenvalue weighted by Gasteiger charge is 2.29. The largest absolute Gasteiger partial charge is 0.426 e. The third kappa shape index (κ3) is 7.56. The summed E-state index contributed by atoms with van der Waals surface area (Å²) in [5, 5.41) is 8.79. The second kappa shape index (κ2) is 12.9. The molecule has 5 nitrogen and oxygen atoms in total. The van der Waals surface area contributed by atoms with Crippen molar-refractivity contribution in [3.05, 3.63) is 29.6 Å². The second-order valence-electron chi connectivity index (χ2n) is 9.20. The number of unbranched alkanes of at least 4 members (excludes halogenated alkanes) is 2. The molecule has 0 unspecified atom stereocenters. The van der Waals surface area contributed by atoms with E-state index in [2.05, 4.69) is 6.92 Å². The molecule has 32 heavy (non-hydrogen) atoms. The number of hydrogen-bond acceptors (Lipinski definition) is 5. The topological polar surface area (TPSA) is 68.6 Å². The van der Waals surface area contributed by atoms with Gasteiger partial charge in [-0.1, -0.05) is 19.8 Å². The van der Waals surface area contributed by atoms with E-state index in [9.17, 15) is 9.18 Å². The van der Waals surface area contributed by atoms with E-state index in [1.807, 2.05) is 0 Å². The van der Waals surface area contributed by atoms with E-state index < -0.39 is 5.82 Å². The molecule has 0 aliphatic heterocycles. The van der Waals surface area contributed by atoms with Gasteiger partial charge in [-0.25, -0.2) is 4.39 Å². The fourth-order valence-electron chi connectivity index (χ4n) is 4.65. The Kier molecular flexibility index (Phi) is 9.95. The number of carbonyl (C=O) groups excluding carboxylic acids is 1. The molecule has 0 saturated heterocycles. The summed E-state index contributed by atoms with van der Waals surface area (Å²) in [6.07, 6.45) is 12.0. The lowest BCUT2D eigenvalue weighted by atomic mass is 9.86. The normalized spacial score (nSPS) is 25.8. The van der Waals surface area contributed by atoms with Crippen LogP contribution < -0.4 is 4.74 Å². The molecule has 0 bridgehead atoms. The Hall–Kier alpha value is -1.97. The monoisotopic (exact) mass is 445 g/mol. The molecule has 0 amide bonds. The number of rotatable bonds is 10. The van der Waals surface area contributed by atoms with E-state index in [1.54, 1.807) is 6.07 Å². The zero-order valence-corrected chi connectivity index (χ0v) is 19.2. The first-order valence-corrected chi connectivity index (χ1v) is 12.2. The molecule has 0 aromatic heterocycles. The van der Waals surface area contributed by atoms with Crippen LogP contribution in [0.25, 0.3) is 0 Å². The van der Waals surface area contributed by atoms with Crippen molar-refractivity contribution in [2.24, 2.45) is 11.8 Å². The summed E-state index contributed by atoms with van der Waals surface area (Å²) in [5.41, 5.74) is -0.0598. The summed E-state index contributed by atoms with van der Waals surface area (Å²) in [4.78, 5) is 12.4. The zero-order valence-electron chi connectivity index (χ0n) is 19.2. The maximum atomic E-state index is 13.7. The molecule has 6 heteroatoms. The minimum absolute atomic E-state index is 0.0598. The van der Waals surface area contributed by atoms with Crippen LogP contribution in [0.3, 0.4) is 0 Å². The average molecular weight is 446 g/mol. The molecule has 0 radical (unpaired) electrons. The van der Waals surface area contributed by atoms with E-state index in [0.29, 0.717) is 12.0 Å². The van der Waals surface area contributed by atoms with Crippen molar-refractivity contribution >= 4 is 5.97 Å². The van der Waals surface area contributed by atoms with Crippen molar-refractivity contribution in [2.75, 3.05) is 13.2 Å². The molecule has 1 aromatic carbocycles. The van der Waals surface area contributed by atoms with Crippen LogP contribution in [-0.2, 0) is 14.3 Å². The number of hydrogen-bond donors (Lipinski definition) is 0. The maximum Gasteiger partial charge on any atom is 0.314 e. The summed E-state index contributed by atoms with van der Waals surface area (Å²) >= 11 is 0. The standard InChI is InChI=1S/C26H36FNO4/c1-2-3-4-15-30-22-10-5-19(6-11-22)18-31-23-12-7-20(8-13-23)26(29)32-24-14-9-21(17-28)25(27)16-24/h9,14,16,19-20,22-23H,2-8,10-13,15,18H2,1H3/t19-,20-,22-,23-. The lowest BCUT2D eigenvalue weighted by Crippen LogP contribution is -2.31. The first-order valence-electron chi connectivity index (χ1n) is 12.2. The predicted molar refractivity (Wildman–Crippen MR) is 120 cm³/mol. The van der Waals surface area contributed by atoms with Gasteiger partial charge in [0.05, 0.1) is 23.7 Å². The number of halogens is 1. The minimum Gasteiger partial charge on any atom is -0.426 e. The Morgan fingerprint density at radius 2 is 1.72 bits per heavy atom. The number of nitriles is 1. The quantitative estimate of drug-likeness (QED) is 0.253. The molecule has 3 rings (SSSR count). The Balaban J connectivity index is 1.30. The average Bonchev–Trinajstić information content (AvgIpc) is 2.82. The minimum atomic E-state index is -0.674. The Labute approximate surface area is 191 Å². The number of benzene rings is 1. The van der Waals surface area contributed by atoms with Crippen LogP contribution in [0.4, 0.5) is 4.39 Å². The van der Waals surface area contributed by atoms with Crippen LogP contribution in [0, 0.1) is 29.0 Å². The van der Waals surface area contributed by atoms with Crippen molar-refractivity contribution in [3.63, 3.8) is 0 Å². The van der Waals surface area contributed by atoms with Gasteiger partial charge in [-0.3, -0.25) is 4.79 Å². The molecule has 0 N–H and O–H groups in total. The third-order valence-electron chi connectivity index (χ3n) is 6.75. The molecule has 2 saturated carbocycles. The Morgan fingerprint density at radius 3 is 2.38 bits per heavy atom. The van der Waals surface area contributed by atoms with Crippen LogP contribution in [0.1, 0.15) is 83.1 Å². The molecule has 0 atom stereocenters. The highest BCUT2D eigenvalue weighted by Crippen LogP contribution is 2.31. The fourth-order valence-corrected chi connectivity index (χ4v) is 4.65. The van der Waals surface area contributed by atoms with Crippen molar-refractivity contribution in [1.29, 1.82) is 5.26 Å². The summed E-state index contributed by atoms with van der Waals surface area (Å²) in [5.74, 6) is -0.431. The van der Waals surface area contributed by atoms with E-state index in [1.165, 1.54) is 44.2 Å². The number of nitrogens with zero attached hydrogens (tertiary/aromatic N) is 1. The number of esters is 1. The predicted octanol–water partition coefficient (Wildman–Crippen LogP) is 5.94. The molecule has 176 valence electrons. The SMILES string of the molecule is CCCCCO[C@H]1CC[C@H](CO[C@H]2CC[C@H](C(=O)Oc3ccc(C#N)c(F)c3)CC2)CC1. The van der Waals surface area contributed by atoms with Gasteiger partial charge in [-0.2, -0.15) is 5.26 Å². The second-order valence-corrected chi connectivity index (χ2v) is 9.20. The summed E-state index contributed by atoms with van der Waals surface area (Å²) in [6, 6.07) is 5.64. The highest BCUT2D eigenvalue weighted by molar-refractivity contribution is 5.75. The summed E-state index contributed by atoms with van der Waals surface area (Å²) < 4.78 is 31.2. The molecule has 0 heterocycles. The molecular formula is C26H36FNO4. The van der Waals surface area contributed by atoms with Gasteiger partial charge >= 0.3 is 5.97 Å². The van der Waals surface area contributed by atoms with Gasteiger partial charge in [0.1, 0.15) is 17.6 Å². The smallest absolute Gasteiger partial charge is 0.314 e. The van der Waals surface area contributed by atoms with Crippen molar-refractivity contribution in [2.45, 2.75) is 89.8 Å². The first kappa shape index (κ1) is 24.7.